The van der Waals surface area contributed by atoms with Crippen molar-refractivity contribution in [1.29, 1.82) is 0 Å². The van der Waals surface area contributed by atoms with E-state index in [4.69, 9.17) is 9.47 Å². The normalized spacial score (nSPS) is 9.95. The molecule has 5 heteroatoms. The predicted octanol–water partition coefficient (Wildman–Crippen LogP) is 3.91. The molecule has 2 aromatic carbocycles. The van der Waals surface area contributed by atoms with Gasteiger partial charge in [0.05, 0.1) is 19.9 Å². The van der Waals surface area contributed by atoms with Crippen LogP contribution in [-0.4, -0.2) is 20.3 Å². The minimum atomic E-state index is -0.326. The van der Waals surface area contributed by atoms with Crippen molar-refractivity contribution in [1.82, 2.24) is 0 Å². The molecule has 0 aliphatic carbocycles. The van der Waals surface area contributed by atoms with E-state index in [1.807, 2.05) is 31.2 Å². The molecule has 5 nitrogen and oxygen atoms in total. The topological polar surface area (TPSA) is 59.6 Å². The minimum absolute atomic E-state index is 0.326. The molecule has 0 spiro atoms. The van der Waals surface area contributed by atoms with E-state index >= 15 is 0 Å². The molecule has 2 aromatic rings. The summed E-state index contributed by atoms with van der Waals surface area (Å²) in [6, 6.07) is 12.6. The maximum absolute atomic E-state index is 12.2. The van der Waals surface area contributed by atoms with E-state index in [2.05, 4.69) is 10.6 Å². The van der Waals surface area contributed by atoms with Gasteiger partial charge in [-0.1, -0.05) is 25.1 Å². The largest absolute Gasteiger partial charge is 0.497 e. The van der Waals surface area contributed by atoms with Gasteiger partial charge in [0.1, 0.15) is 11.5 Å². The monoisotopic (exact) mass is 300 g/mol. The van der Waals surface area contributed by atoms with Gasteiger partial charge in [0.25, 0.3) is 0 Å². The summed E-state index contributed by atoms with van der Waals surface area (Å²) >= 11 is 0. The maximum atomic E-state index is 12.2. The van der Waals surface area contributed by atoms with Crippen molar-refractivity contribution in [2.24, 2.45) is 0 Å². The highest BCUT2D eigenvalue weighted by atomic mass is 16.5. The average molecular weight is 300 g/mol. The van der Waals surface area contributed by atoms with Gasteiger partial charge in [0, 0.05) is 11.8 Å². The van der Waals surface area contributed by atoms with Gasteiger partial charge < -0.3 is 20.1 Å². The molecular weight excluding hydrogens is 280 g/mol. The van der Waals surface area contributed by atoms with Crippen molar-refractivity contribution in [3.05, 3.63) is 48.0 Å². The number of ether oxygens (including phenoxy) is 2. The second-order valence-corrected chi connectivity index (χ2v) is 4.66. The van der Waals surface area contributed by atoms with Crippen LogP contribution in [0.15, 0.2) is 42.5 Å². The Hall–Kier alpha value is -2.69. The SMILES string of the molecule is CCc1ccccc1NC(=O)Nc1cc(OC)ccc1OC. The fourth-order valence-electron chi connectivity index (χ4n) is 2.14. The molecule has 0 fully saturated rings. The van der Waals surface area contributed by atoms with Gasteiger partial charge in [0.15, 0.2) is 0 Å². The molecule has 0 atom stereocenters. The lowest BCUT2D eigenvalue weighted by Crippen LogP contribution is -2.20. The Morgan fingerprint density at radius 1 is 1.00 bits per heavy atom. The standard InChI is InChI=1S/C17H20N2O3/c1-4-12-7-5-6-8-14(12)18-17(20)19-15-11-13(21-2)9-10-16(15)22-3/h5-11H,4H2,1-3H3,(H2,18,19,20). The van der Waals surface area contributed by atoms with Crippen LogP contribution in [0.2, 0.25) is 0 Å². The predicted molar refractivity (Wildman–Crippen MR) is 88.0 cm³/mol. The first kappa shape index (κ1) is 15.7. The zero-order valence-corrected chi connectivity index (χ0v) is 13.0. The highest BCUT2D eigenvalue weighted by molar-refractivity contribution is 6.01. The zero-order chi connectivity index (χ0) is 15.9. The first-order chi connectivity index (χ1) is 10.7. The van der Waals surface area contributed by atoms with E-state index in [0.29, 0.717) is 17.2 Å². The Balaban J connectivity index is 2.15. The number of amides is 2. The number of anilines is 2. The van der Waals surface area contributed by atoms with Crippen molar-refractivity contribution in [2.75, 3.05) is 24.9 Å². The molecule has 0 unspecified atom stereocenters. The number of rotatable bonds is 5. The number of carbonyl (C=O) groups is 1. The van der Waals surface area contributed by atoms with Crippen molar-refractivity contribution in [2.45, 2.75) is 13.3 Å². The Morgan fingerprint density at radius 2 is 1.73 bits per heavy atom. The third-order valence-corrected chi connectivity index (χ3v) is 3.30. The van der Waals surface area contributed by atoms with Crippen molar-refractivity contribution >= 4 is 17.4 Å². The van der Waals surface area contributed by atoms with Crippen LogP contribution in [0.25, 0.3) is 0 Å². The molecule has 0 radical (unpaired) electrons. The number of aryl methyl sites for hydroxylation is 1. The van der Waals surface area contributed by atoms with Crippen LogP contribution in [0.3, 0.4) is 0 Å². The number of para-hydroxylation sites is 1. The second-order valence-electron chi connectivity index (χ2n) is 4.66. The van der Waals surface area contributed by atoms with Gasteiger partial charge in [-0.3, -0.25) is 0 Å². The van der Waals surface area contributed by atoms with Gasteiger partial charge in [-0.05, 0) is 30.2 Å². The van der Waals surface area contributed by atoms with Crippen LogP contribution in [-0.2, 0) is 6.42 Å². The molecular formula is C17H20N2O3. The summed E-state index contributed by atoms with van der Waals surface area (Å²) < 4.78 is 10.4. The third-order valence-electron chi connectivity index (χ3n) is 3.30. The highest BCUT2D eigenvalue weighted by Gasteiger charge is 2.10. The van der Waals surface area contributed by atoms with Crippen LogP contribution < -0.4 is 20.1 Å². The third kappa shape index (κ3) is 3.69. The van der Waals surface area contributed by atoms with Gasteiger partial charge in [-0.2, -0.15) is 0 Å². The van der Waals surface area contributed by atoms with Gasteiger partial charge in [0.2, 0.25) is 0 Å². The van der Waals surface area contributed by atoms with Crippen molar-refractivity contribution in [3.63, 3.8) is 0 Å². The summed E-state index contributed by atoms with van der Waals surface area (Å²) in [6.45, 7) is 2.05. The molecule has 0 aromatic heterocycles. The van der Waals surface area contributed by atoms with Crippen LogP contribution in [0.1, 0.15) is 12.5 Å². The fourth-order valence-corrected chi connectivity index (χ4v) is 2.14. The molecule has 0 saturated heterocycles. The first-order valence-electron chi connectivity index (χ1n) is 7.05. The number of carbonyl (C=O) groups excluding carboxylic acids is 1. The van der Waals surface area contributed by atoms with E-state index in [0.717, 1.165) is 17.7 Å². The van der Waals surface area contributed by atoms with E-state index < -0.39 is 0 Å². The Labute approximate surface area is 130 Å². The van der Waals surface area contributed by atoms with Crippen molar-refractivity contribution < 1.29 is 14.3 Å². The molecule has 0 bridgehead atoms. The molecule has 22 heavy (non-hydrogen) atoms. The van der Waals surface area contributed by atoms with Gasteiger partial charge in [-0.15, -0.1) is 0 Å². The molecule has 0 aliphatic rings. The number of urea groups is 1. The molecule has 116 valence electrons. The Kier molecular flexibility index (Phi) is 5.25. The lowest BCUT2D eigenvalue weighted by molar-refractivity contribution is 0.262. The average Bonchev–Trinajstić information content (AvgIpc) is 2.55. The first-order valence-corrected chi connectivity index (χ1v) is 7.05. The van der Waals surface area contributed by atoms with E-state index in [9.17, 15) is 4.79 Å². The Bertz CT molecular complexity index is 656. The summed E-state index contributed by atoms with van der Waals surface area (Å²) in [6.07, 6.45) is 0.846. The van der Waals surface area contributed by atoms with Crippen LogP contribution in [0, 0.1) is 0 Å². The fraction of sp³-hybridized carbons (Fsp3) is 0.235. The number of hydrogen-bond acceptors (Lipinski definition) is 3. The second kappa shape index (κ2) is 7.36. The number of hydrogen-bond donors (Lipinski definition) is 2. The quantitative estimate of drug-likeness (QED) is 0.880. The van der Waals surface area contributed by atoms with E-state index in [1.165, 1.54) is 0 Å². The van der Waals surface area contributed by atoms with Gasteiger partial charge >= 0.3 is 6.03 Å². The van der Waals surface area contributed by atoms with Gasteiger partial charge in [-0.25, -0.2) is 4.79 Å². The van der Waals surface area contributed by atoms with E-state index in [1.54, 1.807) is 32.4 Å². The van der Waals surface area contributed by atoms with Crippen LogP contribution in [0.5, 0.6) is 11.5 Å². The number of benzene rings is 2. The molecule has 2 rings (SSSR count). The molecule has 2 N–H and O–H groups in total. The number of nitrogens with one attached hydrogen (secondary N) is 2. The molecule has 2 amide bonds. The zero-order valence-electron chi connectivity index (χ0n) is 13.0. The molecule has 0 heterocycles. The Morgan fingerprint density at radius 3 is 2.41 bits per heavy atom. The highest BCUT2D eigenvalue weighted by Crippen LogP contribution is 2.29. The smallest absolute Gasteiger partial charge is 0.323 e. The summed E-state index contributed by atoms with van der Waals surface area (Å²) in [7, 11) is 3.13. The summed E-state index contributed by atoms with van der Waals surface area (Å²) in [4.78, 5) is 12.2. The summed E-state index contributed by atoms with van der Waals surface area (Å²) in [5.41, 5.74) is 2.42. The van der Waals surface area contributed by atoms with E-state index in [-0.39, 0.29) is 6.03 Å². The lowest BCUT2D eigenvalue weighted by Gasteiger charge is -2.14. The summed E-state index contributed by atoms with van der Waals surface area (Å²) in [5, 5.41) is 5.63. The van der Waals surface area contributed by atoms with Crippen LogP contribution in [0.4, 0.5) is 16.2 Å². The minimum Gasteiger partial charge on any atom is -0.497 e. The summed E-state index contributed by atoms with van der Waals surface area (Å²) in [5.74, 6) is 1.21. The number of methoxy groups -OCH3 is 2. The maximum Gasteiger partial charge on any atom is 0.323 e. The molecule has 0 aliphatic heterocycles. The lowest BCUT2D eigenvalue weighted by atomic mass is 10.1. The molecule has 0 saturated carbocycles. The van der Waals surface area contributed by atoms with Crippen LogP contribution >= 0.6 is 0 Å². The van der Waals surface area contributed by atoms with Crippen molar-refractivity contribution in [3.8, 4) is 11.5 Å².